The van der Waals surface area contributed by atoms with Crippen molar-refractivity contribution in [3.05, 3.63) is 65.7 Å². The average Bonchev–Trinajstić information content (AvgIpc) is 2.81. The summed E-state index contributed by atoms with van der Waals surface area (Å²) in [6, 6.07) is 13.2. The van der Waals surface area contributed by atoms with E-state index in [0.717, 1.165) is 18.4 Å². The molecule has 0 radical (unpaired) electrons. The molecule has 0 aliphatic heterocycles. The SMILES string of the molecule is CCCC(C)NC(=O)C(c1ccccc1O)N(C(=O)C(Cc1ccccc1)NC(=O)OC(C)(C)C)C(C)C. The lowest BCUT2D eigenvalue weighted by Crippen LogP contribution is -2.56. The van der Waals surface area contributed by atoms with Gasteiger partial charge in [0.05, 0.1) is 0 Å². The molecule has 0 spiro atoms. The number of rotatable bonds is 11. The largest absolute Gasteiger partial charge is 0.508 e. The van der Waals surface area contributed by atoms with Crippen LogP contribution in [0.1, 0.15) is 78.5 Å². The van der Waals surface area contributed by atoms with Gasteiger partial charge in [0.1, 0.15) is 23.4 Å². The predicted octanol–water partition coefficient (Wildman–Crippen LogP) is 5.11. The molecule has 2 aromatic carbocycles. The Morgan fingerprint density at radius 3 is 2.11 bits per heavy atom. The van der Waals surface area contributed by atoms with E-state index in [1.165, 1.54) is 11.0 Å². The second-order valence-corrected chi connectivity index (χ2v) is 10.9. The smallest absolute Gasteiger partial charge is 0.408 e. The van der Waals surface area contributed by atoms with E-state index >= 15 is 0 Å². The topological polar surface area (TPSA) is 108 Å². The molecule has 2 aromatic rings. The molecule has 38 heavy (non-hydrogen) atoms. The maximum Gasteiger partial charge on any atom is 0.408 e. The van der Waals surface area contributed by atoms with Crippen molar-refractivity contribution in [2.75, 3.05) is 0 Å². The summed E-state index contributed by atoms with van der Waals surface area (Å²) < 4.78 is 5.45. The minimum absolute atomic E-state index is 0.0889. The molecule has 3 atom stereocenters. The number of nitrogens with zero attached hydrogens (tertiary/aromatic N) is 1. The van der Waals surface area contributed by atoms with Crippen LogP contribution < -0.4 is 10.6 Å². The zero-order valence-corrected chi connectivity index (χ0v) is 23.7. The maximum absolute atomic E-state index is 14.2. The quantitative estimate of drug-likeness (QED) is 0.378. The van der Waals surface area contributed by atoms with Crippen molar-refractivity contribution < 1.29 is 24.2 Å². The number of carbonyl (C=O) groups is 3. The normalized spacial score (nSPS) is 13.8. The van der Waals surface area contributed by atoms with Gasteiger partial charge in [-0.2, -0.15) is 0 Å². The van der Waals surface area contributed by atoms with Gasteiger partial charge in [0, 0.05) is 24.1 Å². The van der Waals surface area contributed by atoms with Gasteiger partial charge in [-0.05, 0) is 59.6 Å². The van der Waals surface area contributed by atoms with E-state index in [0.29, 0.717) is 5.56 Å². The predicted molar refractivity (Wildman–Crippen MR) is 149 cm³/mol. The highest BCUT2D eigenvalue weighted by molar-refractivity contribution is 5.93. The molecule has 3 N–H and O–H groups in total. The van der Waals surface area contributed by atoms with Crippen LogP contribution in [0.2, 0.25) is 0 Å². The summed E-state index contributed by atoms with van der Waals surface area (Å²) in [6.07, 6.45) is 1.12. The molecular weight excluding hydrogens is 482 g/mol. The number of nitrogens with one attached hydrogen (secondary N) is 2. The number of para-hydroxylation sites is 1. The third-order valence-corrected chi connectivity index (χ3v) is 5.95. The molecule has 0 fully saturated rings. The minimum atomic E-state index is -1.11. The second-order valence-electron chi connectivity index (χ2n) is 10.9. The number of alkyl carbamates (subject to hydrolysis) is 1. The van der Waals surface area contributed by atoms with Crippen molar-refractivity contribution in [3.63, 3.8) is 0 Å². The van der Waals surface area contributed by atoms with E-state index in [1.54, 1.807) is 52.8 Å². The molecule has 0 saturated heterocycles. The lowest BCUT2D eigenvalue weighted by molar-refractivity contribution is -0.144. The van der Waals surface area contributed by atoms with Crippen LogP contribution in [0.4, 0.5) is 4.79 Å². The molecule has 208 valence electrons. The summed E-state index contributed by atoms with van der Waals surface area (Å²) in [5.74, 6) is -0.944. The zero-order valence-electron chi connectivity index (χ0n) is 23.7. The Morgan fingerprint density at radius 2 is 1.55 bits per heavy atom. The molecular formula is C30H43N3O5. The lowest BCUT2D eigenvalue weighted by Gasteiger charge is -2.37. The highest BCUT2D eigenvalue weighted by Crippen LogP contribution is 2.31. The van der Waals surface area contributed by atoms with Crippen LogP contribution in [0.25, 0.3) is 0 Å². The summed E-state index contributed by atoms with van der Waals surface area (Å²) in [5, 5.41) is 16.5. The van der Waals surface area contributed by atoms with Gasteiger partial charge in [0.25, 0.3) is 0 Å². The fourth-order valence-corrected chi connectivity index (χ4v) is 4.32. The Balaban J connectivity index is 2.54. The summed E-state index contributed by atoms with van der Waals surface area (Å²) >= 11 is 0. The standard InChI is InChI=1S/C30H43N3O5/c1-8-14-21(4)31-27(35)26(23-17-12-13-18-25(23)34)33(20(2)3)28(36)24(19-22-15-10-9-11-16-22)32-29(37)38-30(5,6)7/h9-13,15-18,20-21,24,26,34H,8,14,19H2,1-7H3,(H,31,35)(H,32,37). The molecule has 0 aromatic heterocycles. The molecule has 3 amide bonds. The maximum atomic E-state index is 14.2. The van der Waals surface area contributed by atoms with Gasteiger partial charge >= 0.3 is 6.09 Å². The first kappa shape index (κ1) is 30.7. The van der Waals surface area contributed by atoms with Crippen LogP contribution in [0.15, 0.2) is 54.6 Å². The first-order valence-electron chi connectivity index (χ1n) is 13.3. The Bertz CT molecular complexity index is 1070. The van der Waals surface area contributed by atoms with Crippen LogP contribution >= 0.6 is 0 Å². The average molecular weight is 526 g/mol. The van der Waals surface area contributed by atoms with Crippen molar-refractivity contribution in [3.8, 4) is 5.75 Å². The number of ether oxygens (including phenoxy) is 1. The summed E-state index contributed by atoms with van der Waals surface area (Å²) in [6.45, 7) is 12.8. The third kappa shape index (κ3) is 9.08. The fourth-order valence-electron chi connectivity index (χ4n) is 4.32. The van der Waals surface area contributed by atoms with Gasteiger partial charge in [-0.1, -0.05) is 61.9 Å². The van der Waals surface area contributed by atoms with Crippen LogP contribution in [0.5, 0.6) is 5.75 Å². The summed E-state index contributed by atoms with van der Waals surface area (Å²) in [5.41, 5.74) is 0.396. The van der Waals surface area contributed by atoms with E-state index in [9.17, 15) is 19.5 Å². The highest BCUT2D eigenvalue weighted by Gasteiger charge is 2.39. The molecule has 3 unspecified atom stereocenters. The van der Waals surface area contributed by atoms with Crippen molar-refractivity contribution >= 4 is 17.9 Å². The minimum Gasteiger partial charge on any atom is -0.508 e. The first-order chi connectivity index (χ1) is 17.8. The molecule has 0 heterocycles. The van der Waals surface area contributed by atoms with Gasteiger partial charge in [0.15, 0.2) is 0 Å². The third-order valence-electron chi connectivity index (χ3n) is 5.95. The monoisotopic (exact) mass is 525 g/mol. The number of aromatic hydroxyl groups is 1. The van der Waals surface area contributed by atoms with Gasteiger partial charge in [-0.15, -0.1) is 0 Å². The lowest BCUT2D eigenvalue weighted by atomic mass is 9.98. The van der Waals surface area contributed by atoms with Crippen LogP contribution in [0.3, 0.4) is 0 Å². The number of phenols is 1. The van der Waals surface area contributed by atoms with E-state index in [-0.39, 0.29) is 18.2 Å². The number of benzene rings is 2. The number of hydrogen-bond donors (Lipinski definition) is 3. The molecule has 2 rings (SSSR count). The van der Waals surface area contributed by atoms with Crippen molar-refractivity contribution in [2.45, 2.75) is 97.5 Å². The van der Waals surface area contributed by atoms with E-state index in [4.69, 9.17) is 4.74 Å². The van der Waals surface area contributed by atoms with Crippen molar-refractivity contribution in [2.24, 2.45) is 0 Å². The first-order valence-corrected chi connectivity index (χ1v) is 13.3. The molecule has 0 aliphatic rings. The van der Waals surface area contributed by atoms with Crippen LogP contribution in [0, 0.1) is 0 Å². The van der Waals surface area contributed by atoms with E-state index in [1.807, 2.05) is 44.2 Å². The summed E-state index contributed by atoms with van der Waals surface area (Å²) in [4.78, 5) is 42.1. The Kier molecular flexibility index (Phi) is 11.2. The van der Waals surface area contributed by atoms with E-state index < -0.39 is 41.6 Å². The van der Waals surface area contributed by atoms with Crippen LogP contribution in [-0.2, 0) is 20.7 Å². The van der Waals surface area contributed by atoms with Crippen LogP contribution in [-0.4, -0.2) is 51.6 Å². The summed E-state index contributed by atoms with van der Waals surface area (Å²) in [7, 11) is 0. The fraction of sp³-hybridized carbons (Fsp3) is 0.500. The zero-order chi connectivity index (χ0) is 28.5. The highest BCUT2D eigenvalue weighted by atomic mass is 16.6. The molecule has 0 bridgehead atoms. The van der Waals surface area contributed by atoms with Crippen molar-refractivity contribution in [1.29, 1.82) is 0 Å². The van der Waals surface area contributed by atoms with Gasteiger partial charge in [-0.25, -0.2) is 4.79 Å². The molecule has 0 saturated carbocycles. The number of phenolic OH excluding ortho intramolecular Hbond substituents is 1. The van der Waals surface area contributed by atoms with Gasteiger partial charge < -0.3 is 25.4 Å². The van der Waals surface area contributed by atoms with E-state index in [2.05, 4.69) is 10.6 Å². The second kappa shape index (κ2) is 13.8. The Labute approximate surface area is 226 Å². The van der Waals surface area contributed by atoms with Gasteiger partial charge in [-0.3, -0.25) is 9.59 Å². The Hall–Kier alpha value is -3.55. The molecule has 8 nitrogen and oxygen atoms in total. The Morgan fingerprint density at radius 1 is 0.947 bits per heavy atom. The molecule has 0 aliphatic carbocycles. The molecule has 8 heteroatoms. The van der Waals surface area contributed by atoms with Crippen molar-refractivity contribution in [1.82, 2.24) is 15.5 Å². The van der Waals surface area contributed by atoms with Gasteiger partial charge in [0.2, 0.25) is 11.8 Å². The number of amides is 3. The number of hydrogen-bond acceptors (Lipinski definition) is 5. The number of carbonyl (C=O) groups excluding carboxylic acids is 3.